The van der Waals surface area contributed by atoms with Crippen molar-refractivity contribution in [2.24, 2.45) is 39.4 Å². The minimum absolute atomic E-state index is 0.0255. The maximum atomic E-state index is 12.3. The summed E-state index contributed by atoms with van der Waals surface area (Å²) in [6, 6.07) is 0. The highest BCUT2D eigenvalue weighted by molar-refractivity contribution is 5.73. The smallest absolute Gasteiger partial charge is 0.308 e. The van der Waals surface area contributed by atoms with Crippen LogP contribution >= 0.6 is 0 Å². The zero-order valence-corrected chi connectivity index (χ0v) is 21.6. The van der Waals surface area contributed by atoms with Gasteiger partial charge in [-0.05, 0) is 66.6 Å². The number of rotatable bonds is 2. The maximum Gasteiger partial charge on any atom is 0.308 e. The molecule has 1 heterocycles. The second-order valence-electron chi connectivity index (χ2n) is 13.4. The number of cyclic esters (lactones) is 1. The van der Waals surface area contributed by atoms with Crippen molar-refractivity contribution in [2.45, 2.75) is 104 Å². The Kier molecular flexibility index (Phi) is 5.23. The Morgan fingerprint density at radius 1 is 1.09 bits per heavy atom. The van der Waals surface area contributed by atoms with Crippen LogP contribution in [0.2, 0.25) is 0 Å². The molecule has 2 N–H and O–H groups in total. The largest absolute Gasteiger partial charge is 0.462 e. The van der Waals surface area contributed by atoms with E-state index in [9.17, 15) is 19.8 Å². The van der Waals surface area contributed by atoms with Gasteiger partial charge in [-0.15, -0.1) is 0 Å². The summed E-state index contributed by atoms with van der Waals surface area (Å²) >= 11 is 0. The molecule has 6 heteroatoms. The molecule has 0 unspecified atom stereocenters. The number of hydrogen-bond donors (Lipinski definition) is 2. The third-order valence-corrected chi connectivity index (χ3v) is 11.5. The van der Waals surface area contributed by atoms with Crippen LogP contribution < -0.4 is 0 Å². The standard InChI is InChI=1S/C28H42O6/c1-16(29)34-22-13-20-24(2,3)21(30)10-12-26(20,5)18-9-11-25(4)17(27(18,22)6)7-8-19(25)28(32)14-23(31)33-15-28/h7,18-22,30,32H,8-15H2,1-6H3/t18-,19-,20+,21-,22-,25-,26-,27+,28+/m1/s1. The first-order chi connectivity index (χ1) is 15.7. The van der Waals surface area contributed by atoms with Gasteiger partial charge in [0.25, 0.3) is 0 Å². The number of carbonyl (C=O) groups excluding carboxylic acids is 2. The molecule has 190 valence electrons. The summed E-state index contributed by atoms with van der Waals surface area (Å²) in [6.45, 7) is 12.8. The molecule has 0 radical (unpaired) electrons. The van der Waals surface area contributed by atoms with Crippen molar-refractivity contribution in [3.05, 3.63) is 11.6 Å². The van der Waals surface area contributed by atoms with Gasteiger partial charge < -0.3 is 19.7 Å². The molecule has 0 bridgehead atoms. The van der Waals surface area contributed by atoms with E-state index in [1.54, 1.807) is 0 Å². The molecule has 0 aromatic rings. The van der Waals surface area contributed by atoms with Crippen LogP contribution in [0.1, 0.15) is 86.5 Å². The Hall–Kier alpha value is -1.40. The van der Waals surface area contributed by atoms with Gasteiger partial charge in [-0.1, -0.05) is 46.3 Å². The van der Waals surface area contributed by atoms with Crippen LogP contribution in [0, 0.1) is 39.4 Å². The van der Waals surface area contributed by atoms with Crippen LogP contribution in [0.3, 0.4) is 0 Å². The van der Waals surface area contributed by atoms with Crippen molar-refractivity contribution in [3.8, 4) is 0 Å². The van der Waals surface area contributed by atoms with Crippen LogP contribution in [0.5, 0.6) is 0 Å². The molecule has 3 saturated carbocycles. The van der Waals surface area contributed by atoms with Gasteiger partial charge in [-0.25, -0.2) is 0 Å². The zero-order valence-electron chi connectivity index (χ0n) is 21.6. The van der Waals surface area contributed by atoms with E-state index in [0.717, 1.165) is 32.1 Å². The summed E-state index contributed by atoms with van der Waals surface area (Å²) in [7, 11) is 0. The first kappa shape index (κ1) is 24.3. The Balaban J connectivity index is 1.59. The number of carbonyl (C=O) groups is 2. The molecule has 5 rings (SSSR count). The van der Waals surface area contributed by atoms with Crippen LogP contribution in [-0.4, -0.2) is 46.6 Å². The third kappa shape index (κ3) is 3.00. The zero-order chi connectivity index (χ0) is 24.9. The van der Waals surface area contributed by atoms with Gasteiger partial charge in [0.1, 0.15) is 18.3 Å². The summed E-state index contributed by atoms with van der Waals surface area (Å²) in [5.74, 6) is -0.124. The van der Waals surface area contributed by atoms with Gasteiger partial charge >= 0.3 is 11.9 Å². The molecule has 0 aromatic carbocycles. The molecule has 9 atom stereocenters. The highest BCUT2D eigenvalue weighted by Crippen LogP contribution is 2.73. The molecule has 5 aliphatic rings. The molecular weight excluding hydrogens is 432 g/mol. The Morgan fingerprint density at radius 2 is 1.79 bits per heavy atom. The quantitative estimate of drug-likeness (QED) is 0.461. The molecular formula is C28H42O6. The van der Waals surface area contributed by atoms with Gasteiger partial charge in [0.15, 0.2) is 0 Å². The number of aliphatic hydroxyl groups is 2. The molecule has 0 spiro atoms. The molecule has 4 fully saturated rings. The molecule has 4 aliphatic carbocycles. The topological polar surface area (TPSA) is 93.1 Å². The number of fused-ring (bicyclic) bond motifs is 5. The van der Waals surface area contributed by atoms with Gasteiger partial charge in [0.2, 0.25) is 0 Å². The Morgan fingerprint density at radius 3 is 2.41 bits per heavy atom. The molecule has 1 aliphatic heterocycles. The van der Waals surface area contributed by atoms with Crippen molar-refractivity contribution < 1.29 is 29.3 Å². The molecule has 0 amide bonds. The number of aliphatic hydroxyl groups excluding tert-OH is 1. The lowest BCUT2D eigenvalue weighted by Gasteiger charge is -2.68. The number of allylic oxidation sites excluding steroid dienone is 1. The monoisotopic (exact) mass is 474 g/mol. The fraction of sp³-hybridized carbons (Fsp3) is 0.857. The molecule has 34 heavy (non-hydrogen) atoms. The number of hydrogen-bond acceptors (Lipinski definition) is 6. The van der Waals surface area contributed by atoms with Gasteiger partial charge in [-0.3, -0.25) is 9.59 Å². The second-order valence-corrected chi connectivity index (χ2v) is 13.4. The van der Waals surface area contributed by atoms with E-state index < -0.39 is 5.60 Å². The predicted octanol–water partition coefficient (Wildman–Crippen LogP) is 4.17. The summed E-state index contributed by atoms with van der Waals surface area (Å²) in [5, 5.41) is 22.4. The van der Waals surface area contributed by atoms with Crippen molar-refractivity contribution in [2.75, 3.05) is 6.61 Å². The molecule has 6 nitrogen and oxygen atoms in total. The summed E-state index contributed by atoms with van der Waals surface area (Å²) in [4.78, 5) is 24.3. The molecule has 0 aromatic heterocycles. The summed E-state index contributed by atoms with van der Waals surface area (Å²) in [5.41, 5.74) is -0.712. The van der Waals surface area contributed by atoms with Crippen molar-refractivity contribution in [3.63, 3.8) is 0 Å². The minimum atomic E-state index is -1.15. The van der Waals surface area contributed by atoms with Gasteiger partial charge in [0.05, 0.1) is 12.5 Å². The average Bonchev–Trinajstić information content (AvgIpc) is 3.27. The van der Waals surface area contributed by atoms with E-state index in [1.807, 2.05) is 0 Å². The fourth-order valence-corrected chi connectivity index (χ4v) is 9.89. The van der Waals surface area contributed by atoms with Crippen LogP contribution in [-0.2, 0) is 19.1 Å². The van der Waals surface area contributed by atoms with Crippen molar-refractivity contribution in [1.82, 2.24) is 0 Å². The van der Waals surface area contributed by atoms with E-state index in [4.69, 9.17) is 9.47 Å². The Bertz CT molecular complexity index is 939. The van der Waals surface area contributed by atoms with Crippen LogP contribution in [0.25, 0.3) is 0 Å². The SMILES string of the molecule is CC(=O)O[C@@H]1C[C@H]2C(C)(C)[C@H](O)CC[C@]2(C)[C@H]2CC[C@]3(C)C(=CC[C@H]3[C@@]3(O)COC(=O)C3)[C@@]21C. The van der Waals surface area contributed by atoms with Crippen molar-refractivity contribution >= 4 is 11.9 Å². The van der Waals surface area contributed by atoms with Crippen LogP contribution in [0.15, 0.2) is 11.6 Å². The maximum absolute atomic E-state index is 12.3. The first-order valence-corrected chi connectivity index (χ1v) is 13.1. The molecule has 1 saturated heterocycles. The average molecular weight is 475 g/mol. The lowest BCUT2D eigenvalue weighted by molar-refractivity contribution is -0.223. The minimum Gasteiger partial charge on any atom is -0.462 e. The highest BCUT2D eigenvalue weighted by Gasteiger charge is 2.70. The van der Waals surface area contributed by atoms with Gasteiger partial charge in [-0.2, -0.15) is 0 Å². The van der Waals surface area contributed by atoms with E-state index in [1.165, 1.54) is 12.5 Å². The van der Waals surface area contributed by atoms with Crippen LogP contribution in [0.4, 0.5) is 0 Å². The van der Waals surface area contributed by atoms with E-state index in [-0.39, 0.29) is 70.7 Å². The first-order valence-electron chi connectivity index (χ1n) is 13.1. The van der Waals surface area contributed by atoms with Gasteiger partial charge in [0, 0.05) is 18.3 Å². The van der Waals surface area contributed by atoms with Crippen molar-refractivity contribution in [1.29, 1.82) is 0 Å². The van der Waals surface area contributed by atoms with E-state index in [0.29, 0.717) is 12.3 Å². The highest BCUT2D eigenvalue weighted by atomic mass is 16.6. The normalized spacial score (nSPS) is 51.6. The van der Waals surface area contributed by atoms with E-state index in [2.05, 4.69) is 40.7 Å². The fourth-order valence-electron chi connectivity index (χ4n) is 9.89. The lowest BCUT2D eigenvalue weighted by Crippen LogP contribution is -2.66. The number of ether oxygens (including phenoxy) is 2. The third-order valence-electron chi connectivity index (χ3n) is 11.5. The lowest BCUT2D eigenvalue weighted by atomic mass is 9.37. The number of esters is 2. The second kappa shape index (κ2) is 7.32. The predicted molar refractivity (Wildman–Crippen MR) is 126 cm³/mol. The summed E-state index contributed by atoms with van der Waals surface area (Å²) in [6.07, 6.45) is 6.81. The van der Waals surface area contributed by atoms with E-state index >= 15 is 0 Å². The summed E-state index contributed by atoms with van der Waals surface area (Å²) < 4.78 is 11.4. The Labute approximate surface area is 203 Å².